The Morgan fingerprint density at radius 2 is 1.97 bits per heavy atom. The Morgan fingerprint density at radius 1 is 1.14 bits per heavy atom. The van der Waals surface area contributed by atoms with Crippen molar-refractivity contribution >= 4 is 0 Å². The van der Waals surface area contributed by atoms with Crippen LogP contribution in [0, 0.1) is 0 Å². The van der Waals surface area contributed by atoms with E-state index in [2.05, 4.69) is 64.4 Å². The minimum absolute atomic E-state index is 0.121. The third-order valence-electron chi connectivity index (χ3n) is 5.37. The van der Waals surface area contributed by atoms with E-state index in [1.165, 1.54) is 11.1 Å². The molecule has 0 amide bonds. The van der Waals surface area contributed by atoms with Crippen molar-refractivity contribution in [3.63, 3.8) is 0 Å². The molecule has 1 fully saturated rings. The van der Waals surface area contributed by atoms with Crippen LogP contribution in [0.1, 0.15) is 17.2 Å². The molecule has 29 heavy (non-hydrogen) atoms. The van der Waals surface area contributed by atoms with E-state index in [0.717, 1.165) is 37.5 Å². The number of nitrogens with zero attached hydrogens (tertiary/aromatic N) is 5. The highest BCUT2D eigenvalue weighted by Gasteiger charge is 2.34. The number of morpholine rings is 1. The van der Waals surface area contributed by atoms with E-state index in [-0.39, 0.29) is 12.1 Å². The normalized spacial score (nSPS) is 20.3. The second-order valence-electron chi connectivity index (χ2n) is 7.95. The number of likely N-dealkylation sites (N-methyl/N-ethyl adjacent to an activating group) is 1. The number of aromatic nitrogens is 3. The van der Waals surface area contributed by atoms with Crippen LogP contribution in [0.15, 0.2) is 61.1 Å². The standard InChI is InChI=1S/C23H29N5O/c1-26(2)17-22-23(20-14-25-27(3)16-20)28(12-13-29-22)15-18-7-9-19(10-8-18)21-6-4-5-11-24-21/h4-11,14,16,22-23H,12-13,15,17H2,1-3H3/t22-,23-/m0/s1. The molecule has 4 rings (SSSR count). The van der Waals surface area contributed by atoms with Crippen molar-refractivity contribution in [2.75, 3.05) is 33.8 Å². The van der Waals surface area contributed by atoms with E-state index >= 15 is 0 Å². The molecule has 152 valence electrons. The van der Waals surface area contributed by atoms with Crippen LogP contribution in [0.4, 0.5) is 0 Å². The minimum Gasteiger partial charge on any atom is -0.374 e. The largest absolute Gasteiger partial charge is 0.374 e. The molecule has 0 bridgehead atoms. The van der Waals surface area contributed by atoms with Crippen molar-refractivity contribution in [2.45, 2.75) is 18.7 Å². The van der Waals surface area contributed by atoms with Crippen LogP contribution in [0.3, 0.4) is 0 Å². The molecule has 1 aliphatic heterocycles. The molecule has 3 aromatic rings. The Morgan fingerprint density at radius 3 is 2.62 bits per heavy atom. The van der Waals surface area contributed by atoms with Gasteiger partial charge >= 0.3 is 0 Å². The second kappa shape index (κ2) is 8.86. The highest BCUT2D eigenvalue weighted by Crippen LogP contribution is 2.31. The third-order valence-corrected chi connectivity index (χ3v) is 5.37. The molecule has 2 atom stereocenters. The predicted octanol–water partition coefficient (Wildman–Crippen LogP) is 2.99. The zero-order valence-electron chi connectivity index (χ0n) is 17.4. The number of benzene rings is 1. The summed E-state index contributed by atoms with van der Waals surface area (Å²) in [7, 11) is 6.16. The molecule has 0 unspecified atom stereocenters. The van der Waals surface area contributed by atoms with Gasteiger partial charge in [0.25, 0.3) is 0 Å². The lowest BCUT2D eigenvalue weighted by atomic mass is 9.99. The first-order valence-electron chi connectivity index (χ1n) is 10.1. The fourth-order valence-electron chi connectivity index (χ4n) is 4.04. The smallest absolute Gasteiger partial charge is 0.0900 e. The number of ether oxygens (including phenoxy) is 1. The first-order chi connectivity index (χ1) is 14.1. The first kappa shape index (κ1) is 19.8. The summed E-state index contributed by atoms with van der Waals surface area (Å²) in [5.74, 6) is 0. The number of hydrogen-bond acceptors (Lipinski definition) is 5. The van der Waals surface area contributed by atoms with E-state index in [4.69, 9.17) is 4.74 Å². The molecule has 6 heteroatoms. The Hall–Kier alpha value is -2.54. The van der Waals surface area contributed by atoms with Gasteiger partial charge in [0, 0.05) is 50.2 Å². The summed E-state index contributed by atoms with van der Waals surface area (Å²) in [4.78, 5) is 9.16. The highest BCUT2D eigenvalue weighted by molar-refractivity contribution is 5.58. The third kappa shape index (κ3) is 4.72. The molecule has 6 nitrogen and oxygen atoms in total. The zero-order valence-corrected chi connectivity index (χ0v) is 17.4. The van der Waals surface area contributed by atoms with Crippen molar-refractivity contribution < 1.29 is 4.74 Å². The lowest BCUT2D eigenvalue weighted by molar-refractivity contribution is -0.0838. The lowest BCUT2D eigenvalue weighted by Crippen LogP contribution is -2.48. The summed E-state index contributed by atoms with van der Waals surface area (Å²) in [5.41, 5.74) is 4.66. The van der Waals surface area contributed by atoms with Crippen LogP contribution < -0.4 is 0 Å². The molecule has 0 aliphatic carbocycles. The van der Waals surface area contributed by atoms with Crippen molar-refractivity contribution in [2.24, 2.45) is 7.05 Å². The van der Waals surface area contributed by atoms with Gasteiger partial charge in [-0.2, -0.15) is 5.10 Å². The molecular formula is C23H29N5O. The molecule has 3 heterocycles. The van der Waals surface area contributed by atoms with Crippen LogP contribution in [-0.4, -0.2) is 64.5 Å². The van der Waals surface area contributed by atoms with Crippen molar-refractivity contribution in [3.05, 3.63) is 72.2 Å². The minimum atomic E-state index is 0.121. The topological polar surface area (TPSA) is 46.4 Å². The van der Waals surface area contributed by atoms with Crippen LogP contribution in [-0.2, 0) is 18.3 Å². The summed E-state index contributed by atoms with van der Waals surface area (Å²) in [6.07, 6.45) is 6.04. The summed E-state index contributed by atoms with van der Waals surface area (Å²) < 4.78 is 8.05. The number of rotatable bonds is 6. The van der Waals surface area contributed by atoms with Gasteiger partial charge in [0.2, 0.25) is 0 Å². The van der Waals surface area contributed by atoms with E-state index in [1.54, 1.807) is 0 Å². The molecule has 1 aliphatic rings. The average Bonchev–Trinajstić information content (AvgIpc) is 3.15. The van der Waals surface area contributed by atoms with E-state index < -0.39 is 0 Å². The SMILES string of the molecule is CN(C)C[C@@H]1OCCN(Cc2ccc(-c3ccccn3)cc2)[C@H]1c1cnn(C)c1. The number of hydrogen-bond donors (Lipinski definition) is 0. The van der Waals surface area contributed by atoms with Gasteiger partial charge in [-0.1, -0.05) is 30.3 Å². The summed E-state index contributed by atoms with van der Waals surface area (Å²) in [6, 6.07) is 14.9. The second-order valence-corrected chi connectivity index (χ2v) is 7.95. The Bertz CT molecular complexity index is 907. The Labute approximate surface area is 172 Å². The molecule has 1 aromatic carbocycles. The van der Waals surface area contributed by atoms with Gasteiger partial charge in [0.05, 0.1) is 30.6 Å². The lowest BCUT2D eigenvalue weighted by Gasteiger charge is -2.42. The summed E-state index contributed by atoms with van der Waals surface area (Å²) in [5, 5.41) is 4.41. The summed E-state index contributed by atoms with van der Waals surface area (Å²) in [6.45, 7) is 3.43. The predicted molar refractivity (Wildman–Crippen MR) is 114 cm³/mol. The van der Waals surface area contributed by atoms with Crippen LogP contribution in [0.25, 0.3) is 11.3 Å². The highest BCUT2D eigenvalue weighted by atomic mass is 16.5. The average molecular weight is 392 g/mol. The molecule has 0 N–H and O–H groups in total. The van der Waals surface area contributed by atoms with Gasteiger partial charge < -0.3 is 9.64 Å². The monoisotopic (exact) mass is 391 g/mol. The first-order valence-corrected chi connectivity index (χ1v) is 10.1. The van der Waals surface area contributed by atoms with Gasteiger partial charge in [-0.25, -0.2) is 0 Å². The maximum atomic E-state index is 6.18. The maximum absolute atomic E-state index is 6.18. The fraction of sp³-hybridized carbons (Fsp3) is 0.391. The summed E-state index contributed by atoms with van der Waals surface area (Å²) >= 11 is 0. The van der Waals surface area contributed by atoms with Gasteiger partial charge in [-0.3, -0.25) is 14.6 Å². The molecule has 2 aromatic heterocycles. The zero-order chi connectivity index (χ0) is 20.2. The molecule has 0 saturated carbocycles. The van der Waals surface area contributed by atoms with Crippen molar-refractivity contribution in [1.29, 1.82) is 0 Å². The van der Waals surface area contributed by atoms with Crippen molar-refractivity contribution in [1.82, 2.24) is 24.6 Å². The molecular weight excluding hydrogens is 362 g/mol. The number of aryl methyl sites for hydroxylation is 1. The maximum Gasteiger partial charge on any atom is 0.0900 e. The van der Waals surface area contributed by atoms with E-state index in [0.29, 0.717) is 0 Å². The molecule has 0 spiro atoms. The van der Waals surface area contributed by atoms with Gasteiger partial charge in [-0.05, 0) is 31.8 Å². The number of pyridine rings is 1. The Balaban J connectivity index is 1.55. The van der Waals surface area contributed by atoms with Crippen LogP contribution in [0.5, 0.6) is 0 Å². The van der Waals surface area contributed by atoms with Crippen LogP contribution in [0.2, 0.25) is 0 Å². The van der Waals surface area contributed by atoms with Gasteiger partial charge in [0.1, 0.15) is 0 Å². The van der Waals surface area contributed by atoms with E-state index in [9.17, 15) is 0 Å². The Kier molecular flexibility index (Phi) is 6.04. The fourth-order valence-corrected chi connectivity index (χ4v) is 4.04. The van der Waals surface area contributed by atoms with E-state index in [1.807, 2.05) is 42.3 Å². The van der Waals surface area contributed by atoms with Gasteiger partial charge in [0.15, 0.2) is 0 Å². The molecule has 0 radical (unpaired) electrons. The quantitative estimate of drug-likeness (QED) is 0.646. The van der Waals surface area contributed by atoms with Gasteiger partial charge in [-0.15, -0.1) is 0 Å². The van der Waals surface area contributed by atoms with Crippen molar-refractivity contribution in [3.8, 4) is 11.3 Å². The molecule has 1 saturated heterocycles. The van der Waals surface area contributed by atoms with Crippen LogP contribution >= 0.6 is 0 Å².